The fraction of sp³-hybridized carbons (Fsp3) is 0.538. The molecule has 3 atom stereocenters. The largest absolute Gasteiger partial charge is 0.491 e. The zero-order chi connectivity index (χ0) is 53.5. The Morgan fingerprint density at radius 1 is 0.356 bits per heavy atom. The Hall–Kier alpha value is -6.36. The molecule has 0 heterocycles. The molecule has 0 bridgehead atoms. The van der Waals surface area contributed by atoms with Crippen LogP contribution in [0.2, 0.25) is 0 Å². The van der Waals surface area contributed by atoms with E-state index in [-0.39, 0.29) is 124 Å². The van der Waals surface area contributed by atoms with E-state index in [9.17, 15) is 44.1 Å². The average Bonchev–Trinajstić information content (AvgIpc) is 3.33. The van der Waals surface area contributed by atoms with E-state index in [0.717, 1.165) is 16.7 Å². The van der Waals surface area contributed by atoms with Crippen molar-refractivity contribution < 1.29 is 86.7 Å². The molecule has 404 valence electrons. The molecule has 3 unspecified atom stereocenters. The molecule has 3 aromatic rings. The normalized spacial score (nSPS) is 12.8. The van der Waals surface area contributed by atoms with Gasteiger partial charge in [-0.15, -0.1) is 0 Å². The third-order valence-corrected chi connectivity index (χ3v) is 10.3. The van der Waals surface area contributed by atoms with Crippen LogP contribution in [0.25, 0.3) is 0 Å². The molecule has 3 N–H and O–H groups in total. The topological polar surface area (TPSA) is 256 Å². The fourth-order valence-electron chi connectivity index (χ4n) is 7.37. The second kappa shape index (κ2) is 34.1. The van der Waals surface area contributed by atoms with Crippen LogP contribution in [0.1, 0.15) is 64.2 Å². The van der Waals surface area contributed by atoms with Crippen LogP contribution < -0.4 is 14.2 Å². The number of aliphatic hydroxyl groups is 3. The molecule has 21 nitrogen and oxygen atoms in total. The molecule has 3 rings (SSSR count). The third-order valence-electron chi connectivity index (χ3n) is 10.3. The Kier molecular flexibility index (Phi) is 28.5. The lowest BCUT2D eigenvalue weighted by Crippen LogP contribution is -2.42. The van der Waals surface area contributed by atoms with Gasteiger partial charge in [-0.1, -0.05) is 36.4 Å². The van der Waals surface area contributed by atoms with Gasteiger partial charge in [0, 0.05) is 25.6 Å². The fourth-order valence-corrected chi connectivity index (χ4v) is 7.37. The number of carbonyl (C=O) groups excluding carboxylic acids is 6. The minimum absolute atomic E-state index is 0.0675. The lowest BCUT2D eigenvalue weighted by Gasteiger charge is -2.24. The molecule has 73 heavy (non-hydrogen) atoms. The van der Waals surface area contributed by atoms with Gasteiger partial charge in [0.1, 0.15) is 55.4 Å². The summed E-state index contributed by atoms with van der Waals surface area (Å²) in [6.45, 7) is 8.98. The molecule has 3 aromatic carbocycles. The summed E-state index contributed by atoms with van der Waals surface area (Å²) in [5, 5.41) is 32.6. The van der Waals surface area contributed by atoms with Crippen LogP contribution in [0.15, 0.2) is 72.8 Å². The molecule has 0 radical (unpaired) electrons. The van der Waals surface area contributed by atoms with E-state index in [1.165, 1.54) is 14.7 Å². The first kappa shape index (κ1) is 60.9. The molecule has 0 saturated heterocycles. The van der Waals surface area contributed by atoms with Gasteiger partial charge < -0.3 is 58.0 Å². The summed E-state index contributed by atoms with van der Waals surface area (Å²) in [5.41, 5.74) is 2.55. The van der Waals surface area contributed by atoms with Crippen molar-refractivity contribution in [2.24, 2.45) is 0 Å². The molecule has 0 saturated carbocycles. The smallest absolute Gasteiger partial charge is 0.320 e. The predicted molar refractivity (Wildman–Crippen MR) is 264 cm³/mol. The van der Waals surface area contributed by atoms with E-state index < -0.39 is 54.1 Å². The molecule has 0 aliphatic carbocycles. The van der Waals surface area contributed by atoms with E-state index in [4.69, 9.17) is 42.6 Å². The van der Waals surface area contributed by atoms with Crippen LogP contribution in [0.5, 0.6) is 17.2 Å². The first-order valence-corrected chi connectivity index (χ1v) is 24.4. The zero-order valence-electron chi connectivity index (χ0n) is 42.8. The Morgan fingerprint density at radius 2 is 0.548 bits per heavy atom. The molecule has 0 fully saturated rings. The summed E-state index contributed by atoms with van der Waals surface area (Å²) in [4.78, 5) is 77.6. The van der Waals surface area contributed by atoms with Crippen LogP contribution in [0.3, 0.4) is 0 Å². The van der Waals surface area contributed by atoms with E-state index in [0.29, 0.717) is 17.2 Å². The lowest BCUT2D eigenvalue weighted by atomic mass is 9.85. The van der Waals surface area contributed by atoms with E-state index >= 15 is 0 Å². The van der Waals surface area contributed by atoms with Crippen molar-refractivity contribution in [2.75, 3.05) is 118 Å². The van der Waals surface area contributed by atoms with Crippen molar-refractivity contribution >= 4 is 35.8 Å². The van der Waals surface area contributed by atoms with Gasteiger partial charge in [-0.3, -0.25) is 43.5 Å². The second-order valence-corrected chi connectivity index (χ2v) is 16.4. The van der Waals surface area contributed by atoms with Crippen LogP contribution in [-0.2, 0) is 57.2 Å². The second-order valence-electron chi connectivity index (χ2n) is 16.4. The van der Waals surface area contributed by atoms with Crippen molar-refractivity contribution in [1.82, 2.24) is 14.7 Å². The highest BCUT2D eigenvalue weighted by Crippen LogP contribution is 2.35. The van der Waals surface area contributed by atoms with E-state index in [2.05, 4.69) is 0 Å². The van der Waals surface area contributed by atoms with E-state index in [1.54, 1.807) is 77.9 Å². The molecule has 21 heteroatoms. The summed E-state index contributed by atoms with van der Waals surface area (Å²) in [6, 6.07) is 21.8. The number of aliphatic hydroxyl groups excluding tert-OH is 3. The number of ether oxygens (including phenoxy) is 9. The van der Waals surface area contributed by atoms with Crippen molar-refractivity contribution in [3.63, 3.8) is 0 Å². The van der Waals surface area contributed by atoms with Crippen LogP contribution in [0.4, 0.5) is 0 Å². The minimum atomic E-state index is -1.08. The van der Waals surface area contributed by atoms with Crippen LogP contribution >= 0.6 is 0 Å². The number of rotatable bonds is 36. The monoisotopic (exact) mass is 1030 g/mol. The minimum Gasteiger partial charge on any atom is -0.491 e. The summed E-state index contributed by atoms with van der Waals surface area (Å²) >= 11 is 0. The van der Waals surface area contributed by atoms with Crippen molar-refractivity contribution in [1.29, 1.82) is 0 Å². The molecule has 0 aliphatic rings. The van der Waals surface area contributed by atoms with Crippen molar-refractivity contribution in [2.45, 2.75) is 65.8 Å². The average molecular weight is 1030 g/mol. The number of hydrogen-bond donors (Lipinski definition) is 3. The maximum atomic E-state index is 12.2. The summed E-state index contributed by atoms with van der Waals surface area (Å²) < 4.78 is 48.0. The van der Waals surface area contributed by atoms with Gasteiger partial charge >= 0.3 is 35.8 Å². The standard InChI is InChI=1S/C52H73N3O18/c1-7-65-46(59)28-53(29-47(60)66-8-2)25-40(56)34-71-43-19-13-37(14-20-43)52(38-15-21-44(22-16-38)72-35-41(57)26-54(30-48(61)67-9-3)31-49(62)68-10-4)39-17-23-45(24-18-39)73-36-42(58)27-55(32-50(63)69-11-5)33-51(64)70-12-6/h13-24,40-42,52,56-58H,7-12,25-36H2,1-6H3. The van der Waals surface area contributed by atoms with Gasteiger partial charge in [0.2, 0.25) is 0 Å². The van der Waals surface area contributed by atoms with Crippen LogP contribution in [0, 0.1) is 0 Å². The molecule has 0 spiro atoms. The van der Waals surface area contributed by atoms with Gasteiger partial charge in [0.05, 0.1) is 78.9 Å². The van der Waals surface area contributed by atoms with Crippen molar-refractivity contribution in [3.05, 3.63) is 89.5 Å². The zero-order valence-corrected chi connectivity index (χ0v) is 42.8. The molecule has 0 aromatic heterocycles. The molecular formula is C52H73N3O18. The lowest BCUT2D eigenvalue weighted by molar-refractivity contribution is -0.150. The quantitative estimate of drug-likeness (QED) is 0.0429. The SMILES string of the molecule is CCOC(=O)CN(CC(=O)OCC)CC(O)COc1ccc(C(c2ccc(OCC(O)CN(CC(=O)OCC)CC(=O)OCC)cc2)c2ccc(OCC(O)CN(CC(=O)OCC)CC(=O)OCC)cc2)cc1. The van der Waals surface area contributed by atoms with Gasteiger partial charge in [0.15, 0.2) is 0 Å². The Labute approximate surface area is 427 Å². The Bertz CT molecular complexity index is 1810. The maximum absolute atomic E-state index is 12.2. The molecule has 0 amide bonds. The summed E-state index contributed by atoms with van der Waals surface area (Å²) in [6.07, 6.45) is -3.25. The number of benzene rings is 3. The van der Waals surface area contributed by atoms with Gasteiger partial charge in [-0.05, 0) is 94.6 Å². The summed E-state index contributed by atoms with van der Waals surface area (Å²) in [7, 11) is 0. The molecular weight excluding hydrogens is 955 g/mol. The molecule has 0 aliphatic heterocycles. The summed E-state index contributed by atoms with van der Waals surface area (Å²) in [5.74, 6) is -2.33. The Balaban J connectivity index is 1.82. The first-order chi connectivity index (χ1) is 35.1. The Morgan fingerprint density at radius 3 is 0.726 bits per heavy atom. The predicted octanol–water partition coefficient (Wildman–Crippen LogP) is 2.37. The first-order valence-electron chi connectivity index (χ1n) is 24.4. The van der Waals surface area contributed by atoms with Crippen LogP contribution in [-0.4, -0.2) is 203 Å². The highest BCUT2D eigenvalue weighted by molar-refractivity contribution is 5.76. The van der Waals surface area contributed by atoms with E-state index in [1.807, 2.05) is 36.4 Å². The third kappa shape index (κ3) is 24.3. The maximum Gasteiger partial charge on any atom is 0.320 e. The number of nitrogens with zero attached hydrogens (tertiary/aromatic N) is 3. The number of carbonyl (C=O) groups is 6. The van der Waals surface area contributed by atoms with Gasteiger partial charge in [0.25, 0.3) is 0 Å². The van der Waals surface area contributed by atoms with Crippen molar-refractivity contribution in [3.8, 4) is 17.2 Å². The highest BCUT2D eigenvalue weighted by Gasteiger charge is 2.24. The number of esters is 6. The number of hydrogen-bond acceptors (Lipinski definition) is 21. The highest BCUT2D eigenvalue weighted by atomic mass is 16.6. The van der Waals surface area contributed by atoms with Gasteiger partial charge in [-0.2, -0.15) is 0 Å². The van der Waals surface area contributed by atoms with Gasteiger partial charge in [-0.25, -0.2) is 0 Å².